The average Bonchev–Trinajstić information content (AvgIpc) is 3.58. The third-order valence-corrected chi connectivity index (χ3v) is 6.71. The Hall–Kier alpha value is -6.12. The molecule has 0 atom stereocenters. The Kier molecular flexibility index (Phi) is 9.37. The van der Waals surface area contributed by atoms with E-state index in [9.17, 15) is 19.2 Å². The SMILES string of the molecule is CCOC(=O)c1[nH]n(-c2ccccc2)c(=O)c1C=C=C(C=Cc1c(C(=O)OCC)[nH]n(-c2ccccc2)c1=O)c1ccccc1. The van der Waals surface area contributed by atoms with Crippen molar-refractivity contribution in [2.45, 2.75) is 13.8 Å². The fourth-order valence-electron chi connectivity index (χ4n) is 4.59. The summed E-state index contributed by atoms with van der Waals surface area (Å²) in [6.45, 7) is 3.60. The van der Waals surface area contributed by atoms with E-state index in [1.54, 1.807) is 68.5 Å². The van der Waals surface area contributed by atoms with Crippen molar-refractivity contribution in [3.8, 4) is 11.4 Å². The monoisotopic (exact) mass is 602 g/mol. The summed E-state index contributed by atoms with van der Waals surface area (Å²) in [5, 5.41) is 5.73. The van der Waals surface area contributed by atoms with Crippen molar-refractivity contribution in [2.75, 3.05) is 13.2 Å². The minimum Gasteiger partial charge on any atom is -0.461 e. The number of H-pyrrole nitrogens is 2. The van der Waals surface area contributed by atoms with Gasteiger partial charge in [-0.25, -0.2) is 19.0 Å². The van der Waals surface area contributed by atoms with Crippen molar-refractivity contribution in [1.82, 2.24) is 19.6 Å². The van der Waals surface area contributed by atoms with Crippen LogP contribution in [-0.2, 0) is 9.47 Å². The number of aromatic amines is 2. The van der Waals surface area contributed by atoms with Gasteiger partial charge in [0.25, 0.3) is 11.1 Å². The first-order valence-corrected chi connectivity index (χ1v) is 14.3. The number of rotatable bonds is 10. The highest BCUT2D eigenvalue weighted by Gasteiger charge is 2.22. The lowest BCUT2D eigenvalue weighted by Crippen LogP contribution is -2.15. The van der Waals surface area contributed by atoms with Gasteiger partial charge in [-0.2, -0.15) is 0 Å². The fraction of sp³-hybridized carbons (Fsp3) is 0.114. The van der Waals surface area contributed by atoms with Crippen molar-refractivity contribution in [2.24, 2.45) is 0 Å². The Morgan fingerprint density at radius 3 is 1.62 bits per heavy atom. The molecule has 0 saturated carbocycles. The van der Waals surface area contributed by atoms with Gasteiger partial charge in [0, 0.05) is 5.57 Å². The Labute approximate surface area is 258 Å². The number of carbonyl (C=O) groups excluding carboxylic acids is 2. The number of hydrogen-bond donors (Lipinski definition) is 2. The third-order valence-electron chi connectivity index (χ3n) is 6.71. The zero-order chi connectivity index (χ0) is 31.8. The summed E-state index contributed by atoms with van der Waals surface area (Å²) in [7, 11) is 0. The van der Waals surface area contributed by atoms with Crippen molar-refractivity contribution < 1.29 is 19.1 Å². The number of nitrogens with zero attached hydrogens (tertiary/aromatic N) is 2. The predicted molar refractivity (Wildman–Crippen MR) is 172 cm³/mol. The number of benzene rings is 3. The van der Waals surface area contributed by atoms with Gasteiger partial charge in [-0.05, 0) is 61.9 Å². The van der Waals surface area contributed by atoms with Crippen molar-refractivity contribution in [1.29, 1.82) is 0 Å². The molecule has 10 heteroatoms. The van der Waals surface area contributed by atoms with Crippen molar-refractivity contribution >= 4 is 29.7 Å². The van der Waals surface area contributed by atoms with Crippen LogP contribution in [-0.4, -0.2) is 44.7 Å². The molecule has 0 fully saturated rings. The van der Waals surface area contributed by atoms with Crippen LogP contribution in [0.15, 0.2) is 112 Å². The largest absolute Gasteiger partial charge is 0.461 e. The minimum absolute atomic E-state index is 0.0145. The summed E-state index contributed by atoms with van der Waals surface area (Å²) in [5.74, 6) is -1.38. The molecule has 0 spiro atoms. The minimum atomic E-state index is -0.693. The number of aromatic nitrogens is 4. The second kappa shape index (κ2) is 13.9. The summed E-state index contributed by atoms with van der Waals surface area (Å²) in [6.07, 6.45) is 4.52. The van der Waals surface area contributed by atoms with Gasteiger partial charge in [0.05, 0.1) is 35.7 Å². The molecule has 0 bridgehead atoms. The summed E-state index contributed by atoms with van der Waals surface area (Å²) < 4.78 is 12.9. The third kappa shape index (κ3) is 6.61. The van der Waals surface area contributed by atoms with E-state index in [1.165, 1.54) is 21.5 Å². The normalized spacial score (nSPS) is 10.8. The molecular weight excluding hydrogens is 572 g/mol. The highest BCUT2D eigenvalue weighted by Crippen LogP contribution is 2.19. The molecule has 10 nitrogen and oxygen atoms in total. The van der Waals surface area contributed by atoms with Gasteiger partial charge in [-0.1, -0.05) is 66.7 Å². The quantitative estimate of drug-likeness (QED) is 0.125. The lowest BCUT2D eigenvalue weighted by molar-refractivity contribution is 0.0509. The summed E-state index contributed by atoms with van der Waals surface area (Å²) >= 11 is 0. The molecule has 0 amide bonds. The maximum Gasteiger partial charge on any atom is 0.357 e. The molecular formula is C35H30N4O6. The van der Waals surface area contributed by atoms with E-state index < -0.39 is 23.1 Å². The smallest absolute Gasteiger partial charge is 0.357 e. The van der Waals surface area contributed by atoms with E-state index in [1.807, 2.05) is 42.5 Å². The van der Waals surface area contributed by atoms with E-state index >= 15 is 0 Å². The number of carbonyl (C=O) groups is 2. The molecule has 0 saturated heterocycles. The number of nitrogens with one attached hydrogen (secondary N) is 2. The Bertz CT molecular complexity index is 2020. The van der Waals surface area contributed by atoms with Crippen LogP contribution in [0.4, 0.5) is 0 Å². The Morgan fingerprint density at radius 1 is 0.689 bits per heavy atom. The van der Waals surface area contributed by atoms with Crippen molar-refractivity contribution in [3.63, 3.8) is 0 Å². The second-order valence-electron chi connectivity index (χ2n) is 9.60. The lowest BCUT2D eigenvalue weighted by Gasteiger charge is -2.02. The maximum atomic E-state index is 13.5. The number of para-hydroxylation sites is 2. The molecule has 3 aromatic carbocycles. The second-order valence-corrected chi connectivity index (χ2v) is 9.60. The first-order valence-electron chi connectivity index (χ1n) is 14.3. The molecule has 2 aromatic heterocycles. The number of esters is 2. The van der Waals surface area contributed by atoms with Gasteiger partial charge in [-0.3, -0.25) is 19.8 Å². The van der Waals surface area contributed by atoms with Crippen molar-refractivity contribution in [3.05, 3.63) is 152 Å². The van der Waals surface area contributed by atoms with Crippen LogP contribution in [0.3, 0.4) is 0 Å². The standard InChI is InChI=1S/C35H30N4O6/c1-3-44-34(42)30-28(32(40)38(36-30)26-16-10-6-11-17-26)22-20-25(24-14-8-5-9-15-24)21-23-29-31(35(43)45-4-2)37-39(33(29)41)27-18-12-7-13-19-27/h5-20,22-23,36-37H,3-4H2,1-2H3. The van der Waals surface area contributed by atoms with Gasteiger partial charge in [0.15, 0.2) is 11.4 Å². The molecule has 0 aliphatic heterocycles. The van der Waals surface area contributed by atoms with Crippen LogP contribution in [0, 0.1) is 0 Å². The average molecular weight is 603 g/mol. The summed E-state index contributed by atoms with van der Waals surface area (Å²) in [5.41, 5.74) is 4.51. The first-order chi connectivity index (χ1) is 21.9. The topological polar surface area (TPSA) is 128 Å². The van der Waals surface area contributed by atoms with E-state index in [2.05, 4.69) is 15.9 Å². The highest BCUT2D eigenvalue weighted by atomic mass is 16.5. The molecule has 0 radical (unpaired) electrons. The summed E-state index contributed by atoms with van der Waals surface area (Å²) in [4.78, 5) is 52.7. The molecule has 0 unspecified atom stereocenters. The summed E-state index contributed by atoms with van der Waals surface area (Å²) in [6, 6.07) is 26.8. The molecule has 45 heavy (non-hydrogen) atoms. The molecule has 2 N–H and O–H groups in total. The van der Waals surface area contributed by atoms with Gasteiger partial charge in [0.2, 0.25) is 0 Å². The zero-order valence-electron chi connectivity index (χ0n) is 24.7. The number of ether oxygens (including phenoxy) is 2. The van der Waals surface area contributed by atoms with E-state index in [4.69, 9.17) is 9.47 Å². The van der Waals surface area contributed by atoms with Gasteiger partial charge < -0.3 is 9.47 Å². The highest BCUT2D eigenvalue weighted by molar-refractivity contribution is 5.94. The lowest BCUT2D eigenvalue weighted by atomic mass is 10.0. The van der Waals surface area contributed by atoms with Crippen LogP contribution in [0.1, 0.15) is 51.5 Å². The molecule has 0 aliphatic rings. The number of allylic oxidation sites excluding steroid dienone is 2. The molecule has 0 aliphatic carbocycles. The molecule has 2 heterocycles. The van der Waals surface area contributed by atoms with E-state index in [0.717, 1.165) is 0 Å². The van der Waals surface area contributed by atoms with Gasteiger partial charge in [-0.15, -0.1) is 5.73 Å². The van der Waals surface area contributed by atoms with Crippen LogP contribution in [0.25, 0.3) is 29.1 Å². The molecule has 226 valence electrons. The Balaban J connectivity index is 1.67. The Morgan fingerprint density at radius 2 is 1.13 bits per heavy atom. The van der Waals surface area contributed by atoms with Crippen LogP contribution in [0.2, 0.25) is 0 Å². The molecule has 5 aromatic rings. The van der Waals surface area contributed by atoms with Crippen LogP contribution < -0.4 is 11.1 Å². The fourth-order valence-corrected chi connectivity index (χ4v) is 4.59. The van der Waals surface area contributed by atoms with Crippen LogP contribution >= 0.6 is 0 Å². The van der Waals surface area contributed by atoms with E-state index in [-0.39, 0.29) is 35.7 Å². The maximum absolute atomic E-state index is 13.5. The first kappa shape index (κ1) is 30.3. The number of hydrogen-bond acceptors (Lipinski definition) is 6. The predicted octanol–water partition coefficient (Wildman–Crippen LogP) is 5.41. The molecule has 5 rings (SSSR count). The van der Waals surface area contributed by atoms with E-state index in [0.29, 0.717) is 22.5 Å². The van der Waals surface area contributed by atoms with Crippen LogP contribution in [0.5, 0.6) is 0 Å². The van der Waals surface area contributed by atoms with Gasteiger partial charge in [0.1, 0.15) is 0 Å². The van der Waals surface area contributed by atoms with Gasteiger partial charge >= 0.3 is 11.9 Å². The zero-order valence-corrected chi connectivity index (χ0v) is 24.7.